The summed E-state index contributed by atoms with van der Waals surface area (Å²) >= 11 is 0. The fourth-order valence-electron chi connectivity index (χ4n) is 9.13. The van der Waals surface area contributed by atoms with Gasteiger partial charge in [-0.15, -0.1) is 0 Å². The van der Waals surface area contributed by atoms with E-state index < -0.39 is 13.7 Å². The molecule has 7 aromatic rings. The van der Waals surface area contributed by atoms with Crippen LogP contribution in [0.3, 0.4) is 0 Å². The minimum Gasteiger partial charge on any atom is -0.507 e. The summed E-state index contributed by atoms with van der Waals surface area (Å²) in [5.41, 5.74) is 4.95. The molecule has 0 radical (unpaired) electrons. The lowest BCUT2D eigenvalue weighted by atomic mass is 9.69. The third kappa shape index (κ3) is 5.88. The molecular weight excluding hydrogens is 740 g/mol. The predicted molar refractivity (Wildman–Crippen MR) is 238 cm³/mol. The van der Waals surface area contributed by atoms with Crippen molar-refractivity contribution in [1.82, 2.24) is 0 Å². The van der Waals surface area contributed by atoms with Crippen LogP contribution in [0.5, 0.6) is 23.0 Å². The van der Waals surface area contributed by atoms with E-state index in [0.29, 0.717) is 16.9 Å². The van der Waals surface area contributed by atoms with Crippen molar-refractivity contribution < 1.29 is 27.5 Å². The molecule has 3 heterocycles. The van der Waals surface area contributed by atoms with Crippen LogP contribution in [0.1, 0.15) is 116 Å². The maximum Gasteiger partial charge on any atom is 0.453 e. The van der Waals surface area contributed by atoms with E-state index in [0.717, 1.165) is 77.2 Å². The molecular formula is C51H55O6P. The molecule has 1 aromatic heterocycles. The van der Waals surface area contributed by atoms with Gasteiger partial charge in [-0.1, -0.05) is 144 Å². The van der Waals surface area contributed by atoms with Gasteiger partial charge in [-0.25, -0.2) is 0 Å². The van der Waals surface area contributed by atoms with Crippen LogP contribution in [0, 0.1) is 0 Å². The summed E-state index contributed by atoms with van der Waals surface area (Å²) in [4.78, 5) is 0. The molecule has 300 valence electrons. The second-order valence-corrected chi connectivity index (χ2v) is 21.5. The van der Waals surface area contributed by atoms with Crippen molar-refractivity contribution in [3.63, 3.8) is 0 Å². The third-order valence-electron chi connectivity index (χ3n) is 12.1. The summed E-state index contributed by atoms with van der Waals surface area (Å²) in [6, 6.07) is 29.5. The maximum absolute atomic E-state index is 12.6. The van der Waals surface area contributed by atoms with Crippen LogP contribution in [0.4, 0.5) is 0 Å². The molecule has 0 bridgehead atoms. The number of phenols is 1. The van der Waals surface area contributed by atoms with Crippen LogP contribution in [0.25, 0.3) is 43.5 Å². The first kappa shape index (κ1) is 38.5. The minimum absolute atomic E-state index is 0.253. The molecule has 6 nitrogen and oxygen atoms in total. The highest BCUT2D eigenvalue weighted by atomic mass is 31.1. The number of benzene rings is 6. The molecule has 6 aromatic carbocycles. The number of rotatable bonds is 2. The molecule has 2 aliphatic rings. The molecule has 58 heavy (non-hydrogen) atoms. The van der Waals surface area contributed by atoms with Crippen molar-refractivity contribution in [3.8, 4) is 23.0 Å². The normalized spacial score (nSPS) is 16.9. The van der Waals surface area contributed by atoms with E-state index in [1.54, 1.807) is 0 Å². The first-order valence-corrected chi connectivity index (χ1v) is 21.6. The van der Waals surface area contributed by atoms with E-state index in [9.17, 15) is 5.11 Å². The zero-order valence-corrected chi connectivity index (χ0v) is 36.8. The van der Waals surface area contributed by atoms with Gasteiger partial charge in [0.25, 0.3) is 0 Å². The quantitative estimate of drug-likeness (QED) is 0.188. The van der Waals surface area contributed by atoms with E-state index in [-0.39, 0.29) is 40.6 Å². The van der Waals surface area contributed by atoms with Crippen molar-refractivity contribution in [2.75, 3.05) is 13.2 Å². The van der Waals surface area contributed by atoms with Gasteiger partial charge in [-0.2, -0.15) is 0 Å². The van der Waals surface area contributed by atoms with E-state index in [4.69, 9.17) is 22.4 Å². The highest BCUT2D eigenvalue weighted by Gasteiger charge is 2.56. The van der Waals surface area contributed by atoms with Gasteiger partial charge in [0.05, 0.1) is 11.1 Å². The monoisotopic (exact) mass is 794 g/mol. The number of phenolic OH excluding ortho intramolecular Hbond substituents is 1. The van der Waals surface area contributed by atoms with Gasteiger partial charge in [-0.3, -0.25) is 0 Å². The van der Waals surface area contributed by atoms with Crippen LogP contribution in [-0.2, 0) is 27.1 Å². The average molecular weight is 795 g/mol. The van der Waals surface area contributed by atoms with Gasteiger partial charge < -0.3 is 27.5 Å². The Labute approximate surface area is 342 Å². The second-order valence-electron chi connectivity index (χ2n) is 20.5. The zero-order chi connectivity index (χ0) is 41.3. The molecule has 1 spiro atoms. The summed E-state index contributed by atoms with van der Waals surface area (Å²) in [5, 5.41) is 18.9. The largest absolute Gasteiger partial charge is 0.507 e. The molecule has 1 N–H and O–H groups in total. The lowest BCUT2D eigenvalue weighted by Gasteiger charge is -2.32. The average Bonchev–Trinajstić information content (AvgIpc) is 3.66. The van der Waals surface area contributed by atoms with Crippen molar-refractivity contribution in [3.05, 3.63) is 118 Å². The Morgan fingerprint density at radius 2 is 0.966 bits per heavy atom. The van der Waals surface area contributed by atoms with Gasteiger partial charge in [0, 0.05) is 33.0 Å². The first-order valence-electron chi connectivity index (χ1n) is 20.5. The summed E-state index contributed by atoms with van der Waals surface area (Å²) < 4.78 is 35.2. The lowest BCUT2D eigenvalue weighted by molar-refractivity contribution is 0.232. The summed E-state index contributed by atoms with van der Waals surface area (Å²) in [5.74, 6) is 2.41. The van der Waals surface area contributed by atoms with E-state index in [1.807, 2.05) is 12.1 Å². The van der Waals surface area contributed by atoms with Crippen LogP contribution < -0.4 is 14.0 Å². The SMILES string of the molecule is CC(C)(C)c1cc(C(C)(C)C)c2c(c1O)C1(CO2)COc2c(C(C)(C)C)cc(C(C)(C)C)c(Op3oc4ccc5ccccc5c4c4c(ccc5ccccc54)o3)c21. The van der Waals surface area contributed by atoms with E-state index in [1.165, 1.54) is 0 Å². The Bertz CT molecular complexity index is 2770. The van der Waals surface area contributed by atoms with Gasteiger partial charge in [0.2, 0.25) is 0 Å². The molecule has 2 aliphatic heterocycles. The minimum atomic E-state index is -2.08. The predicted octanol–water partition coefficient (Wildman–Crippen LogP) is 14.4. The molecule has 1 atom stereocenters. The smallest absolute Gasteiger partial charge is 0.453 e. The number of hydrogen-bond donors (Lipinski definition) is 1. The fourth-order valence-corrected chi connectivity index (χ4v) is 10.2. The van der Waals surface area contributed by atoms with E-state index >= 15 is 0 Å². The van der Waals surface area contributed by atoms with Crippen molar-refractivity contribution in [1.29, 1.82) is 0 Å². The summed E-state index contributed by atoms with van der Waals surface area (Å²) in [6.45, 7) is 27.0. The Morgan fingerprint density at radius 3 is 1.43 bits per heavy atom. The first-order chi connectivity index (χ1) is 27.2. The molecule has 0 saturated carbocycles. The second kappa shape index (κ2) is 12.7. The van der Waals surface area contributed by atoms with Crippen molar-refractivity contribution in [2.24, 2.45) is 0 Å². The molecule has 1 unspecified atom stereocenters. The topological polar surface area (TPSA) is 74.2 Å². The zero-order valence-electron chi connectivity index (χ0n) is 35.9. The highest BCUT2D eigenvalue weighted by molar-refractivity contribution is 7.32. The highest BCUT2D eigenvalue weighted by Crippen LogP contribution is 2.63. The molecule has 0 aliphatic carbocycles. The van der Waals surface area contributed by atoms with Crippen LogP contribution in [0.15, 0.2) is 93.3 Å². The molecule has 7 heteroatoms. The number of fused-ring (bicyclic) bond motifs is 11. The summed E-state index contributed by atoms with van der Waals surface area (Å²) in [6.07, 6.45) is 0. The van der Waals surface area contributed by atoms with Crippen LogP contribution in [-0.4, -0.2) is 18.3 Å². The van der Waals surface area contributed by atoms with Crippen molar-refractivity contribution in [2.45, 2.75) is 110 Å². The van der Waals surface area contributed by atoms with Gasteiger partial charge in [0.15, 0.2) is 0 Å². The number of ether oxygens (including phenoxy) is 2. The molecule has 0 saturated heterocycles. The Morgan fingerprint density at radius 1 is 0.534 bits per heavy atom. The lowest BCUT2D eigenvalue weighted by Crippen LogP contribution is -2.33. The Hall–Kier alpha value is -5.06. The van der Waals surface area contributed by atoms with Crippen LogP contribution in [0.2, 0.25) is 0 Å². The van der Waals surface area contributed by atoms with E-state index in [2.05, 4.69) is 156 Å². The van der Waals surface area contributed by atoms with Gasteiger partial charge in [0.1, 0.15) is 52.8 Å². The molecule has 0 amide bonds. The molecule has 9 rings (SSSR count). The number of aromatic hydroxyl groups is 1. The standard InChI is InChI=1S/C51H55O6P/c1-47(2,3)33-25-34(48(4,5)6)44-41(43(33)52)51(27-53-44)28-54-45-35(49(7,8)9)26-36(50(10,11)12)46(42(45)51)57-58-55-37-23-21-29-17-13-15-19-31(29)39(37)40-32-20-16-14-18-30(32)22-24-38(40)56-58/h13-26,52H,27-28H2,1-12H3. The third-order valence-corrected chi connectivity index (χ3v) is 13.2. The Kier molecular flexibility index (Phi) is 8.43. The number of hydrogen-bond acceptors (Lipinski definition) is 6. The Balaban J connectivity index is 1.40. The van der Waals surface area contributed by atoms with Gasteiger partial charge in [-0.05, 0) is 67.5 Å². The van der Waals surface area contributed by atoms with Crippen molar-refractivity contribution >= 4 is 51.7 Å². The fraction of sp³-hybridized carbons (Fsp3) is 0.373. The summed E-state index contributed by atoms with van der Waals surface area (Å²) in [7, 11) is -2.08. The van der Waals surface area contributed by atoms with Crippen LogP contribution >= 0.6 is 8.24 Å². The molecule has 0 fully saturated rings. The van der Waals surface area contributed by atoms with Gasteiger partial charge >= 0.3 is 8.24 Å². The maximum atomic E-state index is 12.6.